The molecule has 5 aromatic rings. The fourth-order valence-corrected chi connectivity index (χ4v) is 4.23. The average Bonchev–Trinajstić information content (AvgIpc) is 3.36. The SMILES string of the molecule is Cc1oc(-c2ccc(Cl)cc2)nc1CSc1nnc(C)n2c1cc1occc12. The van der Waals surface area contributed by atoms with E-state index in [-0.39, 0.29) is 0 Å². The predicted octanol–water partition coefficient (Wildman–Crippen LogP) is 5.69. The first-order valence-electron chi connectivity index (χ1n) is 8.67. The highest BCUT2D eigenvalue weighted by molar-refractivity contribution is 7.98. The van der Waals surface area contributed by atoms with E-state index in [1.165, 1.54) is 0 Å². The second-order valence-electron chi connectivity index (χ2n) is 6.40. The van der Waals surface area contributed by atoms with Crippen LogP contribution in [0.1, 0.15) is 17.3 Å². The number of benzene rings is 1. The molecule has 6 nitrogen and oxygen atoms in total. The van der Waals surface area contributed by atoms with Crippen LogP contribution in [0, 0.1) is 13.8 Å². The lowest BCUT2D eigenvalue weighted by atomic mass is 10.2. The van der Waals surface area contributed by atoms with Gasteiger partial charge in [-0.25, -0.2) is 4.98 Å². The number of fused-ring (bicyclic) bond motifs is 3. The lowest BCUT2D eigenvalue weighted by molar-refractivity contribution is 0.540. The average molecular weight is 411 g/mol. The van der Waals surface area contributed by atoms with Gasteiger partial charge in [0.1, 0.15) is 16.6 Å². The van der Waals surface area contributed by atoms with Crippen molar-refractivity contribution in [1.29, 1.82) is 0 Å². The fraction of sp³-hybridized carbons (Fsp3) is 0.150. The summed E-state index contributed by atoms with van der Waals surface area (Å²) in [5, 5.41) is 10.2. The van der Waals surface area contributed by atoms with Gasteiger partial charge < -0.3 is 8.83 Å². The van der Waals surface area contributed by atoms with Crippen molar-refractivity contribution in [2.75, 3.05) is 0 Å². The molecule has 28 heavy (non-hydrogen) atoms. The van der Waals surface area contributed by atoms with Gasteiger partial charge in [0.15, 0.2) is 5.58 Å². The minimum atomic E-state index is 0.588. The maximum absolute atomic E-state index is 5.96. The van der Waals surface area contributed by atoms with E-state index >= 15 is 0 Å². The molecule has 0 bridgehead atoms. The highest BCUT2D eigenvalue weighted by Gasteiger charge is 2.16. The second kappa shape index (κ2) is 6.68. The van der Waals surface area contributed by atoms with Crippen LogP contribution in [0.3, 0.4) is 0 Å². The van der Waals surface area contributed by atoms with E-state index < -0.39 is 0 Å². The van der Waals surface area contributed by atoms with Gasteiger partial charge in [-0.05, 0) is 38.1 Å². The molecular weight excluding hydrogens is 396 g/mol. The van der Waals surface area contributed by atoms with Crippen LogP contribution in [-0.4, -0.2) is 19.6 Å². The number of halogens is 1. The molecular formula is C20H15ClN4O2S. The molecule has 0 unspecified atom stereocenters. The highest BCUT2D eigenvalue weighted by atomic mass is 35.5. The summed E-state index contributed by atoms with van der Waals surface area (Å²) in [6.07, 6.45) is 1.68. The van der Waals surface area contributed by atoms with E-state index in [4.69, 9.17) is 20.4 Å². The van der Waals surface area contributed by atoms with E-state index in [1.807, 2.05) is 50.2 Å². The van der Waals surface area contributed by atoms with Crippen molar-refractivity contribution in [2.24, 2.45) is 0 Å². The highest BCUT2D eigenvalue weighted by Crippen LogP contribution is 2.32. The van der Waals surface area contributed by atoms with Crippen LogP contribution >= 0.6 is 23.4 Å². The summed E-state index contributed by atoms with van der Waals surface area (Å²) in [6, 6.07) is 11.4. The summed E-state index contributed by atoms with van der Waals surface area (Å²) in [5.74, 6) is 2.82. The number of aromatic nitrogens is 4. The Hall–Kier alpha value is -2.77. The first-order valence-corrected chi connectivity index (χ1v) is 10.0. The third-order valence-corrected chi connectivity index (χ3v) is 5.81. The van der Waals surface area contributed by atoms with Crippen LogP contribution < -0.4 is 0 Å². The Morgan fingerprint density at radius 3 is 2.71 bits per heavy atom. The number of hydrogen-bond donors (Lipinski definition) is 0. The van der Waals surface area contributed by atoms with Crippen molar-refractivity contribution in [3.63, 3.8) is 0 Å². The van der Waals surface area contributed by atoms with Crippen molar-refractivity contribution in [3.05, 3.63) is 65.0 Å². The van der Waals surface area contributed by atoms with E-state index in [0.717, 1.165) is 44.5 Å². The van der Waals surface area contributed by atoms with Gasteiger partial charge in [0.25, 0.3) is 0 Å². The monoisotopic (exact) mass is 410 g/mol. The topological polar surface area (TPSA) is 69.4 Å². The summed E-state index contributed by atoms with van der Waals surface area (Å²) in [7, 11) is 0. The zero-order valence-electron chi connectivity index (χ0n) is 15.1. The summed E-state index contributed by atoms with van der Waals surface area (Å²) >= 11 is 7.53. The Morgan fingerprint density at radius 2 is 1.89 bits per heavy atom. The van der Waals surface area contributed by atoms with Gasteiger partial charge in [0.05, 0.1) is 23.0 Å². The molecule has 0 N–H and O–H groups in total. The van der Waals surface area contributed by atoms with Crippen molar-refractivity contribution in [3.8, 4) is 11.5 Å². The first kappa shape index (κ1) is 17.3. The zero-order valence-corrected chi connectivity index (χ0v) is 16.7. The summed E-state index contributed by atoms with van der Waals surface area (Å²) in [6.45, 7) is 3.85. The molecule has 140 valence electrons. The first-order chi connectivity index (χ1) is 13.6. The van der Waals surface area contributed by atoms with Crippen molar-refractivity contribution < 1.29 is 8.83 Å². The molecule has 0 aliphatic carbocycles. The van der Waals surface area contributed by atoms with Crippen LogP contribution in [0.2, 0.25) is 5.02 Å². The van der Waals surface area contributed by atoms with E-state index in [0.29, 0.717) is 16.7 Å². The van der Waals surface area contributed by atoms with Crippen LogP contribution in [-0.2, 0) is 5.75 Å². The van der Waals surface area contributed by atoms with Gasteiger partial charge in [-0.1, -0.05) is 23.4 Å². The van der Waals surface area contributed by atoms with Crippen molar-refractivity contribution in [1.82, 2.24) is 19.6 Å². The minimum absolute atomic E-state index is 0.588. The number of rotatable bonds is 4. The lowest BCUT2D eigenvalue weighted by Crippen LogP contribution is -2.00. The summed E-state index contributed by atoms with van der Waals surface area (Å²) < 4.78 is 13.4. The van der Waals surface area contributed by atoms with Crippen LogP contribution in [0.4, 0.5) is 0 Å². The molecule has 8 heteroatoms. The molecule has 0 saturated heterocycles. The van der Waals surface area contributed by atoms with E-state index in [9.17, 15) is 0 Å². The van der Waals surface area contributed by atoms with Crippen LogP contribution in [0.15, 0.2) is 56.5 Å². The third kappa shape index (κ3) is 2.87. The lowest BCUT2D eigenvalue weighted by Gasteiger charge is -2.04. The van der Waals surface area contributed by atoms with Gasteiger partial charge >= 0.3 is 0 Å². The maximum Gasteiger partial charge on any atom is 0.226 e. The molecule has 1 aromatic carbocycles. The Labute approximate surface area is 169 Å². The Morgan fingerprint density at radius 1 is 1.07 bits per heavy atom. The molecule has 0 saturated carbocycles. The zero-order chi connectivity index (χ0) is 19.3. The van der Waals surface area contributed by atoms with E-state index in [2.05, 4.69) is 19.6 Å². The number of nitrogens with zero attached hydrogens (tertiary/aromatic N) is 4. The van der Waals surface area contributed by atoms with Crippen molar-refractivity contribution in [2.45, 2.75) is 24.6 Å². The molecule has 0 atom stereocenters. The van der Waals surface area contributed by atoms with E-state index in [1.54, 1.807) is 18.0 Å². The molecule has 0 amide bonds. The molecule has 0 aliphatic rings. The Bertz CT molecular complexity index is 1300. The standard InChI is InChI=1S/C20H15ClN4O2S/c1-11-15(22-19(27-11)13-3-5-14(21)6-4-13)10-28-20-17-9-18-16(7-8-26-18)25(17)12(2)23-24-20/h3-9H,10H2,1-2H3. The number of aryl methyl sites for hydroxylation is 2. The molecule has 4 heterocycles. The predicted molar refractivity (Wildman–Crippen MR) is 109 cm³/mol. The van der Waals surface area contributed by atoms with Gasteiger partial charge in [0.2, 0.25) is 5.89 Å². The molecule has 4 aromatic heterocycles. The number of thioether (sulfide) groups is 1. The molecule has 5 rings (SSSR count). The largest absolute Gasteiger partial charge is 0.463 e. The maximum atomic E-state index is 5.96. The number of oxazole rings is 1. The normalized spacial score (nSPS) is 11.7. The van der Waals surface area contributed by atoms with Gasteiger partial charge in [0, 0.05) is 28.5 Å². The van der Waals surface area contributed by atoms with Crippen LogP contribution in [0.5, 0.6) is 0 Å². The summed E-state index contributed by atoms with van der Waals surface area (Å²) in [5.41, 5.74) is 4.57. The fourth-order valence-electron chi connectivity index (χ4n) is 3.16. The molecule has 0 spiro atoms. The van der Waals surface area contributed by atoms with Gasteiger partial charge in [-0.3, -0.25) is 4.40 Å². The summed E-state index contributed by atoms with van der Waals surface area (Å²) in [4.78, 5) is 4.65. The number of hydrogen-bond acceptors (Lipinski definition) is 6. The van der Waals surface area contributed by atoms with Gasteiger partial charge in [-0.15, -0.1) is 10.2 Å². The van der Waals surface area contributed by atoms with Crippen molar-refractivity contribution >= 4 is 40.0 Å². The molecule has 0 radical (unpaired) electrons. The van der Waals surface area contributed by atoms with Gasteiger partial charge in [-0.2, -0.15) is 0 Å². The quantitative estimate of drug-likeness (QED) is 0.354. The molecule has 0 fully saturated rings. The molecule has 0 aliphatic heterocycles. The smallest absolute Gasteiger partial charge is 0.226 e. The Balaban J connectivity index is 1.45. The second-order valence-corrected chi connectivity index (χ2v) is 7.81. The number of furan rings is 1. The Kier molecular flexibility index (Phi) is 4.14. The minimum Gasteiger partial charge on any atom is -0.463 e. The third-order valence-electron chi connectivity index (χ3n) is 4.58. The van der Waals surface area contributed by atoms with Crippen LogP contribution in [0.25, 0.3) is 28.1 Å².